The van der Waals surface area contributed by atoms with Gasteiger partial charge in [-0.15, -0.1) is 0 Å². The van der Waals surface area contributed by atoms with Crippen LogP contribution in [-0.2, 0) is 4.79 Å². The Bertz CT molecular complexity index is 266. The summed E-state index contributed by atoms with van der Waals surface area (Å²) in [5, 5.41) is 8.63. The molecule has 2 atom stereocenters. The summed E-state index contributed by atoms with van der Waals surface area (Å²) in [6, 6.07) is 3.26. The second-order valence-corrected chi connectivity index (χ2v) is 3.08. The Morgan fingerprint density at radius 2 is 2.46 bits per heavy atom. The van der Waals surface area contributed by atoms with Gasteiger partial charge in [0.25, 0.3) is 0 Å². The fourth-order valence-corrected chi connectivity index (χ4v) is 1.24. The van der Waals surface area contributed by atoms with Gasteiger partial charge in [0.15, 0.2) is 0 Å². The first-order valence-electron chi connectivity index (χ1n) is 4.12. The topological polar surface area (TPSA) is 76.5 Å². The molecule has 4 nitrogen and oxygen atoms in total. The highest BCUT2D eigenvalue weighted by molar-refractivity contribution is 5.68. The third-order valence-corrected chi connectivity index (χ3v) is 1.94. The molecule has 0 saturated carbocycles. The maximum absolute atomic E-state index is 10.5. The zero-order valence-electron chi connectivity index (χ0n) is 7.43. The molecule has 13 heavy (non-hydrogen) atoms. The molecule has 3 N–H and O–H groups in total. The van der Waals surface area contributed by atoms with Crippen molar-refractivity contribution in [3.63, 3.8) is 0 Å². The fourth-order valence-electron chi connectivity index (χ4n) is 1.24. The average molecular weight is 183 g/mol. The lowest BCUT2D eigenvalue weighted by Gasteiger charge is -2.15. The van der Waals surface area contributed by atoms with Crippen molar-refractivity contribution in [1.82, 2.24) is 0 Å². The Labute approximate surface area is 76.3 Å². The van der Waals surface area contributed by atoms with Crippen molar-refractivity contribution in [2.24, 2.45) is 5.73 Å². The van der Waals surface area contributed by atoms with Gasteiger partial charge in [0.05, 0.1) is 12.7 Å². The minimum absolute atomic E-state index is 0.00514. The lowest BCUT2D eigenvalue weighted by Crippen LogP contribution is -2.26. The maximum atomic E-state index is 10.5. The van der Waals surface area contributed by atoms with E-state index in [4.69, 9.17) is 15.3 Å². The molecule has 0 aliphatic heterocycles. The molecule has 1 aromatic rings. The number of aliphatic carboxylic acids is 1. The van der Waals surface area contributed by atoms with Gasteiger partial charge in [0.2, 0.25) is 0 Å². The zero-order valence-corrected chi connectivity index (χ0v) is 7.43. The lowest BCUT2D eigenvalue weighted by molar-refractivity contribution is -0.137. The number of hydrogen-bond acceptors (Lipinski definition) is 3. The van der Waals surface area contributed by atoms with Crippen LogP contribution in [0.3, 0.4) is 0 Å². The quantitative estimate of drug-likeness (QED) is 0.735. The van der Waals surface area contributed by atoms with Crippen LogP contribution in [0.1, 0.15) is 25.0 Å². The minimum atomic E-state index is -0.862. The van der Waals surface area contributed by atoms with Crippen LogP contribution in [0.5, 0.6) is 0 Å². The van der Waals surface area contributed by atoms with Gasteiger partial charge in [0.1, 0.15) is 5.76 Å². The summed E-state index contributed by atoms with van der Waals surface area (Å²) in [5.74, 6) is -0.469. The SMILES string of the molecule is C[C@@H](N)[C@H](CC(=O)O)c1ccco1. The Kier molecular flexibility index (Phi) is 3.08. The molecule has 0 aliphatic rings. The Morgan fingerprint density at radius 1 is 1.77 bits per heavy atom. The van der Waals surface area contributed by atoms with E-state index in [1.807, 2.05) is 0 Å². The molecule has 72 valence electrons. The maximum Gasteiger partial charge on any atom is 0.304 e. The van der Waals surface area contributed by atoms with Gasteiger partial charge < -0.3 is 15.3 Å². The second-order valence-electron chi connectivity index (χ2n) is 3.08. The largest absolute Gasteiger partial charge is 0.481 e. The van der Waals surface area contributed by atoms with Crippen molar-refractivity contribution in [3.8, 4) is 0 Å². The number of furan rings is 1. The van der Waals surface area contributed by atoms with E-state index >= 15 is 0 Å². The van der Waals surface area contributed by atoms with Crippen LogP contribution in [0, 0.1) is 0 Å². The monoisotopic (exact) mass is 183 g/mol. The standard InChI is InChI=1S/C9H13NO3/c1-6(10)7(5-9(11)12)8-3-2-4-13-8/h2-4,6-7H,5,10H2,1H3,(H,11,12)/t6-,7+/m1/s1. The predicted molar refractivity (Wildman–Crippen MR) is 47.4 cm³/mol. The van der Waals surface area contributed by atoms with Crippen molar-refractivity contribution in [2.75, 3.05) is 0 Å². The zero-order chi connectivity index (χ0) is 9.84. The molecule has 0 aromatic carbocycles. The fraction of sp³-hybridized carbons (Fsp3) is 0.444. The third kappa shape index (κ3) is 2.59. The molecule has 0 fully saturated rings. The number of carboxylic acid groups (broad SMARTS) is 1. The van der Waals surface area contributed by atoms with Crippen LogP contribution in [0.4, 0.5) is 0 Å². The summed E-state index contributed by atoms with van der Waals surface area (Å²) < 4.78 is 5.11. The summed E-state index contributed by atoms with van der Waals surface area (Å²) >= 11 is 0. The lowest BCUT2D eigenvalue weighted by atomic mass is 9.95. The van der Waals surface area contributed by atoms with Gasteiger partial charge >= 0.3 is 5.97 Å². The van der Waals surface area contributed by atoms with Crippen LogP contribution in [0.2, 0.25) is 0 Å². The second kappa shape index (κ2) is 4.09. The number of carbonyl (C=O) groups is 1. The highest BCUT2D eigenvalue weighted by Gasteiger charge is 2.21. The molecule has 1 rings (SSSR count). The van der Waals surface area contributed by atoms with Gasteiger partial charge in [-0.05, 0) is 19.1 Å². The number of rotatable bonds is 4. The summed E-state index contributed by atoms with van der Waals surface area (Å²) in [6.45, 7) is 1.77. The van der Waals surface area contributed by atoms with Gasteiger partial charge in [-0.1, -0.05) is 0 Å². The van der Waals surface area contributed by atoms with E-state index in [1.54, 1.807) is 19.1 Å². The Hall–Kier alpha value is -1.29. The van der Waals surface area contributed by atoms with E-state index in [9.17, 15) is 4.79 Å². The van der Waals surface area contributed by atoms with Gasteiger partial charge in [-0.2, -0.15) is 0 Å². The van der Waals surface area contributed by atoms with Gasteiger partial charge in [-0.25, -0.2) is 0 Å². The summed E-state index contributed by atoms with van der Waals surface area (Å²) in [5.41, 5.74) is 5.65. The highest BCUT2D eigenvalue weighted by Crippen LogP contribution is 2.22. The minimum Gasteiger partial charge on any atom is -0.481 e. The summed E-state index contributed by atoms with van der Waals surface area (Å²) in [4.78, 5) is 10.5. The summed E-state index contributed by atoms with van der Waals surface area (Å²) in [6.07, 6.45) is 1.53. The van der Waals surface area contributed by atoms with Crippen LogP contribution in [-0.4, -0.2) is 17.1 Å². The molecular weight excluding hydrogens is 170 g/mol. The van der Waals surface area contributed by atoms with Crippen LogP contribution in [0.25, 0.3) is 0 Å². The average Bonchev–Trinajstić information content (AvgIpc) is 2.50. The normalized spacial score (nSPS) is 15.2. The molecule has 0 amide bonds. The van der Waals surface area contributed by atoms with Gasteiger partial charge in [-0.3, -0.25) is 4.79 Å². The van der Waals surface area contributed by atoms with E-state index in [0.29, 0.717) is 5.76 Å². The van der Waals surface area contributed by atoms with E-state index in [1.165, 1.54) is 6.26 Å². The molecule has 1 heterocycles. The number of hydrogen-bond donors (Lipinski definition) is 2. The van der Waals surface area contributed by atoms with Crippen LogP contribution >= 0.6 is 0 Å². The molecule has 0 saturated heterocycles. The first kappa shape index (κ1) is 9.80. The smallest absolute Gasteiger partial charge is 0.304 e. The molecule has 4 heteroatoms. The van der Waals surface area contributed by atoms with E-state index in [0.717, 1.165) is 0 Å². The Balaban J connectivity index is 2.74. The van der Waals surface area contributed by atoms with E-state index < -0.39 is 5.97 Å². The molecular formula is C9H13NO3. The van der Waals surface area contributed by atoms with Gasteiger partial charge in [0, 0.05) is 12.0 Å². The van der Waals surface area contributed by atoms with Crippen molar-refractivity contribution < 1.29 is 14.3 Å². The van der Waals surface area contributed by atoms with E-state index in [2.05, 4.69) is 0 Å². The van der Waals surface area contributed by atoms with Crippen molar-refractivity contribution >= 4 is 5.97 Å². The first-order chi connectivity index (χ1) is 6.11. The van der Waals surface area contributed by atoms with Crippen LogP contribution < -0.4 is 5.73 Å². The van der Waals surface area contributed by atoms with Crippen LogP contribution in [0.15, 0.2) is 22.8 Å². The van der Waals surface area contributed by atoms with E-state index in [-0.39, 0.29) is 18.4 Å². The first-order valence-corrected chi connectivity index (χ1v) is 4.12. The molecule has 0 radical (unpaired) electrons. The summed E-state index contributed by atoms with van der Waals surface area (Å²) in [7, 11) is 0. The number of carboxylic acids is 1. The van der Waals surface area contributed by atoms with Crippen molar-refractivity contribution in [3.05, 3.63) is 24.2 Å². The third-order valence-electron chi connectivity index (χ3n) is 1.94. The van der Waals surface area contributed by atoms with Crippen molar-refractivity contribution in [1.29, 1.82) is 0 Å². The Morgan fingerprint density at radius 3 is 2.85 bits per heavy atom. The highest BCUT2D eigenvalue weighted by atomic mass is 16.4. The predicted octanol–water partition coefficient (Wildman–Crippen LogP) is 1.19. The molecule has 0 spiro atoms. The van der Waals surface area contributed by atoms with Crippen molar-refractivity contribution in [2.45, 2.75) is 25.3 Å². The molecule has 0 unspecified atom stereocenters. The molecule has 1 aromatic heterocycles. The molecule has 0 aliphatic carbocycles. The molecule has 0 bridgehead atoms. The number of nitrogens with two attached hydrogens (primary N) is 1.